The maximum atomic E-state index is 11.0. The first-order chi connectivity index (χ1) is 10.2. The van der Waals surface area contributed by atoms with Crippen molar-refractivity contribution in [2.75, 3.05) is 0 Å². The van der Waals surface area contributed by atoms with Gasteiger partial charge in [-0.05, 0) is 34.7 Å². The molecule has 0 aliphatic heterocycles. The van der Waals surface area contributed by atoms with Crippen LogP contribution in [0.25, 0.3) is 22.4 Å². The lowest BCUT2D eigenvalue weighted by Gasteiger charge is -2.03. The van der Waals surface area contributed by atoms with E-state index < -0.39 is 4.92 Å². The van der Waals surface area contributed by atoms with E-state index in [4.69, 9.17) is 0 Å². The molecule has 2 aromatic carbocycles. The second kappa shape index (κ2) is 4.28. The third-order valence-electron chi connectivity index (χ3n) is 3.90. The number of H-pyrrole nitrogens is 1. The molecule has 3 aromatic rings. The van der Waals surface area contributed by atoms with Crippen molar-refractivity contribution in [2.24, 2.45) is 0 Å². The molecule has 1 N–H and O–H groups in total. The Morgan fingerprint density at radius 3 is 2.76 bits per heavy atom. The van der Waals surface area contributed by atoms with Crippen molar-refractivity contribution >= 4 is 5.69 Å². The summed E-state index contributed by atoms with van der Waals surface area (Å²) in [4.78, 5) is 10.6. The van der Waals surface area contributed by atoms with Crippen molar-refractivity contribution in [2.45, 2.75) is 6.42 Å². The van der Waals surface area contributed by atoms with Gasteiger partial charge in [-0.15, -0.1) is 0 Å². The fourth-order valence-electron chi connectivity index (χ4n) is 2.93. The Morgan fingerprint density at radius 1 is 1.10 bits per heavy atom. The highest BCUT2D eigenvalue weighted by Crippen LogP contribution is 2.39. The predicted molar refractivity (Wildman–Crippen MR) is 78.9 cm³/mol. The van der Waals surface area contributed by atoms with E-state index in [1.54, 1.807) is 0 Å². The van der Waals surface area contributed by atoms with E-state index in [2.05, 4.69) is 22.3 Å². The summed E-state index contributed by atoms with van der Waals surface area (Å²) in [5, 5.41) is 17.5. The third kappa shape index (κ3) is 1.74. The molecule has 1 aromatic heterocycles. The second-order valence-electron chi connectivity index (χ2n) is 5.09. The highest BCUT2D eigenvalue weighted by Gasteiger charge is 2.22. The molecule has 1 aliphatic rings. The first kappa shape index (κ1) is 11.8. The van der Waals surface area contributed by atoms with E-state index in [-0.39, 0.29) is 5.69 Å². The molecule has 4 rings (SSSR count). The summed E-state index contributed by atoms with van der Waals surface area (Å²) in [6.45, 7) is 0. The van der Waals surface area contributed by atoms with Crippen LogP contribution in [0.5, 0.6) is 0 Å². The minimum Gasteiger partial charge on any atom is -0.271 e. The third-order valence-corrected chi connectivity index (χ3v) is 3.90. The predicted octanol–water partition coefficient (Wildman–Crippen LogP) is 3.56. The molecule has 0 saturated carbocycles. The summed E-state index contributed by atoms with van der Waals surface area (Å²) in [5.41, 5.74) is 6.20. The maximum absolute atomic E-state index is 11.0. The Morgan fingerprint density at radius 2 is 1.90 bits per heavy atom. The summed E-state index contributed by atoms with van der Waals surface area (Å²) in [5.74, 6) is 0. The number of nitrogens with zero attached hydrogens (tertiary/aromatic N) is 2. The number of hydrogen-bond donors (Lipinski definition) is 1. The number of nitro groups is 1. The molecule has 21 heavy (non-hydrogen) atoms. The van der Waals surface area contributed by atoms with Crippen LogP contribution in [0.3, 0.4) is 0 Å². The van der Waals surface area contributed by atoms with Gasteiger partial charge >= 0.3 is 5.69 Å². The van der Waals surface area contributed by atoms with E-state index >= 15 is 0 Å². The van der Waals surface area contributed by atoms with Crippen molar-refractivity contribution in [3.63, 3.8) is 0 Å². The molecule has 0 bridgehead atoms. The van der Waals surface area contributed by atoms with Crippen molar-refractivity contribution in [1.82, 2.24) is 10.2 Å². The molecular formula is C16H11N3O2. The van der Waals surface area contributed by atoms with Gasteiger partial charge in [-0.25, -0.2) is 0 Å². The molecule has 1 aliphatic carbocycles. The molecule has 0 unspecified atom stereocenters. The highest BCUT2D eigenvalue weighted by molar-refractivity contribution is 5.81. The lowest BCUT2D eigenvalue weighted by Crippen LogP contribution is -1.90. The largest absolute Gasteiger partial charge is 0.314 e. The number of fused-ring (bicyclic) bond motifs is 3. The van der Waals surface area contributed by atoms with Crippen molar-refractivity contribution in [1.29, 1.82) is 0 Å². The number of rotatable bonds is 2. The van der Waals surface area contributed by atoms with Crippen molar-refractivity contribution in [3.8, 4) is 22.4 Å². The fraction of sp³-hybridized carbons (Fsp3) is 0.0625. The zero-order valence-corrected chi connectivity index (χ0v) is 11.0. The van der Waals surface area contributed by atoms with E-state index in [0.717, 1.165) is 12.0 Å². The zero-order valence-electron chi connectivity index (χ0n) is 11.0. The van der Waals surface area contributed by atoms with Gasteiger partial charge in [-0.2, -0.15) is 5.10 Å². The van der Waals surface area contributed by atoms with Gasteiger partial charge in [0.1, 0.15) is 11.9 Å². The number of benzene rings is 2. The quantitative estimate of drug-likeness (QED) is 0.450. The molecule has 1 heterocycles. The summed E-state index contributed by atoms with van der Waals surface area (Å²) < 4.78 is 0. The lowest BCUT2D eigenvalue weighted by atomic mass is 10.0. The molecular weight excluding hydrogens is 266 g/mol. The first-order valence-electron chi connectivity index (χ1n) is 6.63. The van der Waals surface area contributed by atoms with Crippen molar-refractivity contribution in [3.05, 3.63) is 69.9 Å². The highest BCUT2D eigenvalue weighted by atomic mass is 16.6. The minimum absolute atomic E-state index is 0.00506. The molecule has 0 saturated heterocycles. The molecule has 5 heteroatoms. The van der Waals surface area contributed by atoms with E-state index in [9.17, 15) is 10.1 Å². The van der Waals surface area contributed by atoms with Gasteiger partial charge in [-0.3, -0.25) is 15.2 Å². The molecule has 0 fully saturated rings. The second-order valence-corrected chi connectivity index (χ2v) is 5.09. The molecule has 0 radical (unpaired) electrons. The van der Waals surface area contributed by atoms with Crippen LogP contribution in [0.4, 0.5) is 5.69 Å². The van der Waals surface area contributed by atoms with E-state index in [1.807, 2.05) is 30.3 Å². The summed E-state index contributed by atoms with van der Waals surface area (Å²) in [6.07, 6.45) is 2.11. The first-order valence-corrected chi connectivity index (χ1v) is 6.63. The molecule has 0 spiro atoms. The van der Waals surface area contributed by atoms with Crippen LogP contribution in [0.2, 0.25) is 0 Å². The van der Waals surface area contributed by atoms with Gasteiger partial charge < -0.3 is 0 Å². The van der Waals surface area contributed by atoms with Crippen LogP contribution in [0.15, 0.2) is 48.7 Å². The monoisotopic (exact) mass is 277 g/mol. The van der Waals surface area contributed by atoms with Gasteiger partial charge in [0.05, 0.1) is 4.92 Å². The van der Waals surface area contributed by atoms with Crippen LogP contribution in [0.1, 0.15) is 11.1 Å². The molecule has 102 valence electrons. The Bertz CT molecular complexity index is 867. The van der Waals surface area contributed by atoms with Crippen molar-refractivity contribution < 1.29 is 4.92 Å². The molecule has 5 nitrogen and oxygen atoms in total. The zero-order chi connectivity index (χ0) is 14.4. The average molecular weight is 277 g/mol. The lowest BCUT2D eigenvalue weighted by molar-refractivity contribution is -0.384. The van der Waals surface area contributed by atoms with Crippen LogP contribution >= 0.6 is 0 Å². The fourth-order valence-corrected chi connectivity index (χ4v) is 2.93. The van der Waals surface area contributed by atoms with E-state index in [0.29, 0.717) is 5.69 Å². The van der Waals surface area contributed by atoms with Gasteiger partial charge in [0.15, 0.2) is 0 Å². The maximum Gasteiger partial charge on any atom is 0.314 e. The minimum atomic E-state index is -0.416. The topological polar surface area (TPSA) is 71.8 Å². The van der Waals surface area contributed by atoms with Gasteiger partial charge in [0, 0.05) is 5.56 Å². The summed E-state index contributed by atoms with van der Waals surface area (Å²) in [7, 11) is 0. The normalized spacial score (nSPS) is 12.0. The van der Waals surface area contributed by atoms with Crippen LogP contribution in [-0.2, 0) is 6.42 Å². The molecule has 0 atom stereocenters. The number of aromatic nitrogens is 2. The Kier molecular flexibility index (Phi) is 2.41. The van der Waals surface area contributed by atoms with Gasteiger partial charge in [0.25, 0.3) is 0 Å². The van der Waals surface area contributed by atoms with Crippen LogP contribution < -0.4 is 0 Å². The Hall–Kier alpha value is -2.95. The number of nitrogens with one attached hydrogen (secondary N) is 1. The van der Waals surface area contributed by atoms with Crippen LogP contribution in [0, 0.1) is 10.1 Å². The Balaban J connectivity index is 1.83. The number of aromatic amines is 1. The smallest absolute Gasteiger partial charge is 0.271 e. The summed E-state index contributed by atoms with van der Waals surface area (Å²) >= 11 is 0. The average Bonchev–Trinajstić information content (AvgIpc) is 3.11. The standard InChI is InChI=1S/C16H11N3O2/c20-19(21)15-9-17-18-16(15)11-5-6-14-12(8-11)7-10-3-1-2-4-13(10)14/h1-6,8-9H,7H2,(H,17,18). The van der Waals surface area contributed by atoms with Gasteiger partial charge in [0.2, 0.25) is 0 Å². The SMILES string of the molecule is O=[N+]([O-])c1cn[nH]c1-c1ccc2c(c1)Cc1ccccc1-2. The van der Waals surface area contributed by atoms with Crippen LogP contribution in [-0.4, -0.2) is 15.1 Å². The number of hydrogen-bond acceptors (Lipinski definition) is 3. The van der Waals surface area contributed by atoms with E-state index in [1.165, 1.54) is 28.5 Å². The molecule has 0 amide bonds. The summed E-state index contributed by atoms with van der Waals surface area (Å²) in [6, 6.07) is 14.2. The van der Waals surface area contributed by atoms with Gasteiger partial charge in [-0.1, -0.05) is 36.4 Å². The Labute approximate surface area is 120 Å².